The first-order valence-corrected chi connectivity index (χ1v) is 20.1. The van der Waals surface area contributed by atoms with E-state index in [1.807, 2.05) is 6.07 Å². The molecule has 3 unspecified atom stereocenters. The van der Waals surface area contributed by atoms with E-state index in [0.717, 1.165) is 6.33 Å². The standard InChI is InChI=1S/C29H27N8O15P3/c30-9-17-14-6-7-19(15-3-1-4-16(22(14)15)24(39)18(17)10-31)33-8-2-5-21(38)50-54(44,45)52-55(46,47)51-53(42,43)48-11-20-25(40)26(41)29(49-20)37-13-36-23-27(32)34-12-35-28(23)37/h1,3-4,6-7,12-13,20,25-26,29,33,40-41H,2,5,8,11H2,(H,42,43)(H,44,45)(H,46,47)(H2,32,34,35)/t20-,25-,26-,29-/m1/s1. The molecule has 8 N–H and O–H groups in total. The van der Waals surface area contributed by atoms with Gasteiger partial charge in [0.05, 0.1) is 18.5 Å². The number of fused-ring (bicyclic) bond motifs is 1. The molecule has 2 aromatic carbocycles. The van der Waals surface area contributed by atoms with E-state index >= 15 is 0 Å². The van der Waals surface area contributed by atoms with Gasteiger partial charge in [0.2, 0.25) is 5.78 Å². The number of nitrogen functional groups attached to an aromatic ring is 1. The van der Waals surface area contributed by atoms with Gasteiger partial charge in [-0.15, -0.1) is 0 Å². The van der Waals surface area contributed by atoms with Crippen LogP contribution in [0.15, 0.2) is 48.6 Å². The van der Waals surface area contributed by atoms with E-state index in [9.17, 15) is 58.7 Å². The van der Waals surface area contributed by atoms with Crippen LogP contribution in [0.3, 0.4) is 0 Å². The molecule has 2 aliphatic rings. The number of ketones is 1. The Morgan fingerprint density at radius 1 is 0.964 bits per heavy atom. The van der Waals surface area contributed by atoms with E-state index < -0.39 is 72.8 Å². The van der Waals surface area contributed by atoms with Gasteiger partial charge in [-0.05, 0) is 12.5 Å². The number of carbonyl (C=O) groups excluding carboxylic acids is 2. The zero-order chi connectivity index (χ0) is 39.9. The number of nitrogens with two attached hydrogens (primary N) is 1. The van der Waals surface area contributed by atoms with Crippen LogP contribution in [0, 0.1) is 22.7 Å². The molecule has 4 aromatic rings. The Labute approximate surface area is 308 Å². The number of allylic oxidation sites excluding steroid dienone is 2. The molecule has 1 saturated heterocycles. The van der Waals surface area contributed by atoms with Crippen molar-refractivity contribution in [1.29, 1.82) is 10.5 Å². The lowest BCUT2D eigenvalue weighted by atomic mass is 9.83. The van der Waals surface area contributed by atoms with Crippen molar-refractivity contribution in [2.75, 3.05) is 24.2 Å². The number of ether oxygens (including phenoxy) is 1. The van der Waals surface area contributed by atoms with E-state index in [4.69, 9.17) is 10.5 Å². The van der Waals surface area contributed by atoms with Gasteiger partial charge >= 0.3 is 29.4 Å². The predicted molar refractivity (Wildman–Crippen MR) is 183 cm³/mol. The molecule has 0 spiro atoms. The summed E-state index contributed by atoms with van der Waals surface area (Å²) in [6, 6.07) is 11.6. The largest absolute Gasteiger partial charge is 0.538 e. The third-order valence-corrected chi connectivity index (χ3v) is 12.4. The fraction of sp³-hybridized carbons (Fsp3) is 0.276. The number of aromatic nitrogens is 4. The Balaban J connectivity index is 0.990. The van der Waals surface area contributed by atoms with Crippen molar-refractivity contribution in [3.05, 3.63) is 59.7 Å². The van der Waals surface area contributed by atoms with Crippen LogP contribution >= 0.6 is 23.5 Å². The van der Waals surface area contributed by atoms with Crippen molar-refractivity contribution in [1.82, 2.24) is 19.5 Å². The molecule has 55 heavy (non-hydrogen) atoms. The molecule has 0 radical (unpaired) electrons. The number of hydrogen-bond donors (Lipinski definition) is 7. The molecule has 26 heteroatoms. The maximum atomic E-state index is 12.8. The lowest BCUT2D eigenvalue weighted by Gasteiger charge is -2.20. The van der Waals surface area contributed by atoms with Crippen molar-refractivity contribution in [3.63, 3.8) is 0 Å². The number of aliphatic hydroxyl groups excluding tert-OH is 2. The second-order valence-corrected chi connectivity index (χ2v) is 16.2. The summed E-state index contributed by atoms with van der Waals surface area (Å²) in [6.07, 6.45) is -4.62. The van der Waals surface area contributed by atoms with E-state index in [0.29, 0.717) is 22.0 Å². The van der Waals surface area contributed by atoms with E-state index in [1.54, 1.807) is 30.3 Å². The Kier molecular flexibility index (Phi) is 11.0. The fourth-order valence-corrected chi connectivity index (χ4v) is 9.31. The number of anilines is 2. The summed E-state index contributed by atoms with van der Waals surface area (Å²) < 4.78 is 60.7. The summed E-state index contributed by atoms with van der Waals surface area (Å²) in [7, 11) is -17.4. The molecule has 1 fully saturated rings. The first kappa shape index (κ1) is 39.7. The average Bonchev–Trinajstić information content (AvgIpc) is 3.66. The van der Waals surface area contributed by atoms with E-state index in [1.165, 1.54) is 17.0 Å². The Bertz CT molecular complexity index is 2500. The molecule has 1 aliphatic heterocycles. The van der Waals surface area contributed by atoms with Crippen LogP contribution in [0.1, 0.15) is 35.0 Å². The molecule has 0 amide bonds. The minimum absolute atomic E-state index is 0.00992. The topological polar surface area (TPSA) is 362 Å². The quantitative estimate of drug-likeness (QED) is 0.0706. The zero-order valence-corrected chi connectivity index (χ0v) is 30.3. The Hall–Kier alpha value is -4.96. The monoisotopic (exact) mass is 820 g/mol. The van der Waals surface area contributed by atoms with Gasteiger partial charge < -0.3 is 40.3 Å². The van der Waals surface area contributed by atoms with Crippen LogP contribution in [-0.4, -0.2) is 87.6 Å². The van der Waals surface area contributed by atoms with Crippen LogP contribution < -0.4 is 11.1 Å². The van der Waals surface area contributed by atoms with Crippen LogP contribution in [0.2, 0.25) is 0 Å². The lowest BCUT2D eigenvalue weighted by Crippen LogP contribution is -2.33. The van der Waals surface area contributed by atoms with Crippen molar-refractivity contribution in [2.24, 2.45) is 0 Å². The van der Waals surface area contributed by atoms with Gasteiger partial charge in [-0.1, -0.05) is 24.3 Å². The van der Waals surface area contributed by atoms with E-state index in [2.05, 4.69) is 37.9 Å². The second kappa shape index (κ2) is 15.3. The summed E-state index contributed by atoms with van der Waals surface area (Å²) in [5, 5.41) is 44.0. The van der Waals surface area contributed by atoms with Crippen molar-refractivity contribution in [3.8, 4) is 12.1 Å². The first-order valence-electron chi connectivity index (χ1n) is 15.6. The smallest absolute Gasteiger partial charge is 0.387 e. The highest BCUT2D eigenvalue weighted by Crippen LogP contribution is 2.67. The van der Waals surface area contributed by atoms with Crippen molar-refractivity contribution >= 4 is 74.2 Å². The number of nitrogens with zero attached hydrogens (tertiary/aromatic N) is 6. The number of hydrogen-bond acceptors (Lipinski definition) is 19. The number of phosphoric acid groups is 3. The second-order valence-electron chi connectivity index (χ2n) is 11.7. The summed E-state index contributed by atoms with van der Waals surface area (Å²) in [5.41, 5.74) is 6.77. The maximum Gasteiger partial charge on any atom is 0.538 e. The number of nitrogens with one attached hydrogen (secondary N) is 1. The number of imidazole rings is 1. The summed E-state index contributed by atoms with van der Waals surface area (Å²) in [5.74, 6) is -1.97. The number of nitriles is 2. The normalized spacial score (nSPS) is 22.7. The molecule has 0 saturated carbocycles. The molecule has 3 heterocycles. The van der Waals surface area contributed by atoms with Gasteiger partial charge in [0.1, 0.15) is 47.9 Å². The molecular formula is C29H27N8O15P3. The van der Waals surface area contributed by atoms with Crippen LogP contribution in [0.5, 0.6) is 0 Å². The van der Waals surface area contributed by atoms with Crippen LogP contribution in [0.4, 0.5) is 11.5 Å². The predicted octanol–water partition coefficient (Wildman–Crippen LogP) is 1.96. The number of Topliss-reactive ketones (excluding diaryl/α,β-unsaturated/α-hetero) is 1. The molecule has 23 nitrogen and oxygen atoms in total. The molecule has 2 aromatic heterocycles. The maximum absolute atomic E-state index is 12.8. The highest BCUT2D eigenvalue weighted by atomic mass is 31.3. The minimum Gasteiger partial charge on any atom is -0.387 e. The van der Waals surface area contributed by atoms with E-state index in [-0.39, 0.29) is 46.7 Å². The summed E-state index contributed by atoms with van der Waals surface area (Å²) in [4.78, 5) is 66.7. The lowest BCUT2D eigenvalue weighted by molar-refractivity contribution is -0.135. The fourth-order valence-electron chi connectivity index (χ4n) is 5.83. The number of carbonyl (C=O) groups is 2. The highest BCUT2D eigenvalue weighted by Gasteiger charge is 2.47. The van der Waals surface area contributed by atoms with Crippen molar-refractivity contribution < 1.29 is 70.6 Å². The van der Waals surface area contributed by atoms with Gasteiger partial charge in [-0.2, -0.15) is 19.1 Å². The molecule has 288 valence electrons. The van der Waals surface area contributed by atoms with Crippen LogP contribution in [-0.2, 0) is 40.9 Å². The summed E-state index contributed by atoms with van der Waals surface area (Å²) >= 11 is 0. The van der Waals surface area contributed by atoms with Crippen LogP contribution in [0.25, 0.3) is 27.5 Å². The Morgan fingerprint density at radius 3 is 2.42 bits per heavy atom. The van der Waals surface area contributed by atoms with Gasteiger partial charge in [-0.3, -0.25) is 23.6 Å². The number of aliphatic hydroxyl groups is 2. The number of phosphoric ester groups is 2. The minimum atomic E-state index is -5.98. The Morgan fingerprint density at radius 2 is 1.69 bits per heavy atom. The van der Waals surface area contributed by atoms with Gasteiger partial charge in [-0.25, -0.2) is 28.6 Å². The molecule has 6 rings (SSSR count). The molecular weight excluding hydrogens is 793 g/mol. The molecule has 1 aliphatic carbocycles. The summed E-state index contributed by atoms with van der Waals surface area (Å²) in [6.45, 7) is -0.986. The van der Waals surface area contributed by atoms with Crippen molar-refractivity contribution in [2.45, 2.75) is 37.4 Å². The third-order valence-electron chi connectivity index (χ3n) is 8.16. The number of rotatable bonds is 14. The highest BCUT2D eigenvalue weighted by molar-refractivity contribution is 7.67. The molecule has 0 bridgehead atoms. The van der Waals surface area contributed by atoms with Gasteiger partial charge in [0.15, 0.2) is 17.7 Å². The zero-order valence-electron chi connectivity index (χ0n) is 27.6. The van der Waals surface area contributed by atoms with Gasteiger partial charge in [0, 0.05) is 40.6 Å². The van der Waals surface area contributed by atoms with Gasteiger partial charge in [0.25, 0.3) is 0 Å². The first-order chi connectivity index (χ1) is 26.0. The number of benzene rings is 2. The SMILES string of the molecule is N#CC1=C(C#N)c2ccc(NCCCC(=O)OP(=O)(O)OP(=O)(O)OP(=O)(O)OC[C@H]3O[C@@H](n4cnc5c(N)ncnc54)[C@H](O)[C@@H]3O)c3cccc(c23)C1=O. The molecule has 7 atom stereocenters. The average molecular weight is 820 g/mol. The third kappa shape index (κ3) is 8.20.